The molecule has 2 heterocycles. The Morgan fingerprint density at radius 1 is 1.06 bits per heavy atom. The summed E-state index contributed by atoms with van der Waals surface area (Å²) < 4.78 is 37.3. The van der Waals surface area contributed by atoms with E-state index in [-0.39, 0.29) is 36.7 Å². The third-order valence-electron chi connectivity index (χ3n) is 6.15. The molecule has 2 aromatic carbocycles. The smallest absolute Gasteiger partial charge is 0.322 e. The maximum absolute atomic E-state index is 13.6. The summed E-state index contributed by atoms with van der Waals surface area (Å²) in [4.78, 5) is 13.6. The number of carbonyl (C=O) groups is 1. The summed E-state index contributed by atoms with van der Waals surface area (Å²) in [6, 6.07) is 16.6. The Kier molecular flexibility index (Phi) is 6.99. The number of anilines is 1. The van der Waals surface area contributed by atoms with Crippen molar-refractivity contribution in [3.8, 4) is 17.2 Å². The minimum Gasteiger partial charge on any atom is -0.494 e. The third-order valence-corrected chi connectivity index (χ3v) is 8.03. The van der Waals surface area contributed by atoms with Gasteiger partial charge in [-0.25, -0.2) is 12.7 Å². The molecule has 0 saturated carbocycles. The number of piperidine rings is 1. The van der Waals surface area contributed by atoms with Crippen LogP contribution in [0.1, 0.15) is 32.3 Å². The zero-order valence-corrected chi connectivity index (χ0v) is 20.0. The van der Waals surface area contributed by atoms with Gasteiger partial charge in [-0.05, 0) is 56.5 Å². The second-order valence-electron chi connectivity index (χ2n) is 8.07. The zero-order valence-electron chi connectivity index (χ0n) is 19.2. The van der Waals surface area contributed by atoms with Crippen molar-refractivity contribution in [1.29, 1.82) is 0 Å². The van der Waals surface area contributed by atoms with Gasteiger partial charge in [0.25, 0.3) is 0 Å². The molecule has 1 amide bonds. The fourth-order valence-corrected chi connectivity index (χ4v) is 5.30. The number of ether oxygens (including phenoxy) is 1. The molecule has 1 fully saturated rings. The average Bonchev–Trinajstić information content (AvgIpc) is 3.33. The molecule has 0 spiro atoms. The number of carbonyl (C=O) groups excluding carboxylic acids is 1. The average molecular weight is 485 g/mol. The van der Waals surface area contributed by atoms with Gasteiger partial charge in [-0.1, -0.05) is 35.4 Å². The number of benzene rings is 2. The van der Waals surface area contributed by atoms with Crippen molar-refractivity contribution in [2.45, 2.75) is 32.1 Å². The van der Waals surface area contributed by atoms with E-state index in [9.17, 15) is 13.2 Å². The molecule has 3 aromatic rings. The van der Waals surface area contributed by atoms with Crippen molar-refractivity contribution in [3.05, 3.63) is 60.2 Å². The molecule has 9 nitrogen and oxygen atoms in total. The van der Waals surface area contributed by atoms with E-state index >= 15 is 0 Å². The molecule has 1 aliphatic heterocycles. The fraction of sp³-hybridized carbons (Fsp3) is 0.375. The van der Waals surface area contributed by atoms with Gasteiger partial charge in [-0.15, -0.1) is 5.10 Å². The summed E-state index contributed by atoms with van der Waals surface area (Å²) in [7, 11) is -3.32. The Balaban J connectivity index is 1.54. The monoisotopic (exact) mass is 484 g/mol. The summed E-state index contributed by atoms with van der Waals surface area (Å²) in [6.45, 7) is 4.63. The number of nitrogens with zero attached hydrogens (tertiary/aromatic N) is 3. The first-order valence-electron chi connectivity index (χ1n) is 11.3. The highest BCUT2D eigenvalue weighted by atomic mass is 32.2. The van der Waals surface area contributed by atoms with Crippen LogP contribution in [0.4, 0.5) is 6.01 Å². The molecule has 1 saturated heterocycles. The minimum atomic E-state index is -3.32. The minimum absolute atomic E-state index is 0.00667. The number of amides is 1. The van der Waals surface area contributed by atoms with Gasteiger partial charge in [-0.3, -0.25) is 10.1 Å². The van der Waals surface area contributed by atoms with Gasteiger partial charge < -0.3 is 9.15 Å². The summed E-state index contributed by atoms with van der Waals surface area (Å²) in [5.74, 6) is 0.749. The van der Waals surface area contributed by atoms with E-state index in [1.165, 1.54) is 4.31 Å². The SMILES string of the molecule is CCOc1ccc(-c2nnc(NC(=O)C3(c4ccccc4)CCN(S(=O)(=O)CC)CC3)o2)cc1. The van der Waals surface area contributed by atoms with Crippen LogP contribution in [-0.4, -0.2) is 54.3 Å². The van der Waals surface area contributed by atoms with E-state index in [4.69, 9.17) is 9.15 Å². The zero-order chi connectivity index (χ0) is 24.2. The molecule has 10 heteroatoms. The van der Waals surface area contributed by atoms with Gasteiger partial charge in [0.05, 0.1) is 17.8 Å². The Morgan fingerprint density at radius 2 is 1.74 bits per heavy atom. The predicted molar refractivity (Wildman–Crippen MR) is 128 cm³/mol. The van der Waals surface area contributed by atoms with Crippen LogP contribution in [0, 0.1) is 0 Å². The van der Waals surface area contributed by atoms with E-state index in [2.05, 4.69) is 15.5 Å². The van der Waals surface area contributed by atoms with Crippen molar-refractivity contribution in [3.63, 3.8) is 0 Å². The van der Waals surface area contributed by atoms with E-state index in [0.717, 1.165) is 11.3 Å². The lowest BCUT2D eigenvalue weighted by Gasteiger charge is -2.40. The van der Waals surface area contributed by atoms with E-state index in [1.807, 2.05) is 49.4 Å². The molecule has 0 unspecified atom stereocenters. The summed E-state index contributed by atoms with van der Waals surface area (Å²) >= 11 is 0. The number of aromatic nitrogens is 2. The Bertz CT molecular complexity index is 1220. The maximum atomic E-state index is 13.6. The number of hydrogen-bond acceptors (Lipinski definition) is 7. The highest BCUT2D eigenvalue weighted by molar-refractivity contribution is 7.89. The van der Waals surface area contributed by atoms with Gasteiger partial charge in [0.15, 0.2) is 0 Å². The molecule has 180 valence electrons. The standard InChI is InChI=1S/C24H28N4O5S/c1-3-32-20-12-10-18(11-13-20)21-26-27-23(33-21)25-22(29)24(19-8-6-5-7-9-19)14-16-28(17-15-24)34(30,31)4-2/h5-13H,3-4,14-17H2,1-2H3,(H,25,27,29). The predicted octanol–water partition coefficient (Wildman–Crippen LogP) is 3.46. The van der Waals surface area contributed by atoms with Gasteiger partial charge in [0, 0.05) is 18.7 Å². The Hall–Kier alpha value is -3.24. The molecule has 4 rings (SSSR count). The van der Waals surface area contributed by atoms with Gasteiger partial charge in [0.2, 0.25) is 21.8 Å². The lowest BCUT2D eigenvalue weighted by Crippen LogP contribution is -2.51. The van der Waals surface area contributed by atoms with E-state index < -0.39 is 15.4 Å². The second-order valence-corrected chi connectivity index (χ2v) is 10.3. The molecule has 34 heavy (non-hydrogen) atoms. The van der Waals surface area contributed by atoms with Crippen molar-refractivity contribution in [2.24, 2.45) is 0 Å². The lowest BCUT2D eigenvalue weighted by atomic mass is 9.72. The second kappa shape index (κ2) is 9.94. The van der Waals surface area contributed by atoms with Crippen LogP contribution in [0.5, 0.6) is 5.75 Å². The normalized spacial score (nSPS) is 16.2. The van der Waals surface area contributed by atoms with Crippen molar-refractivity contribution < 1.29 is 22.4 Å². The Morgan fingerprint density at radius 3 is 2.35 bits per heavy atom. The molecular formula is C24H28N4O5S. The lowest BCUT2D eigenvalue weighted by molar-refractivity contribution is -0.123. The topological polar surface area (TPSA) is 115 Å². The van der Waals surface area contributed by atoms with Crippen LogP contribution in [0.15, 0.2) is 59.0 Å². The quantitative estimate of drug-likeness (QED) is 0.521. The molecule has 0 aliphatic carbocycles. The third kappa shape index (κ3) is 4.83. The molecule has 1 aromatic heterocycles. The molecule has 0 bridgehead atoms. The summed E-state index contributed by atoms with van der Waals surface area (Å²) in [5.41, 5.74) is 0.619. The van der Waals surface area contributed by atoms with Crippen LogP contribution in [0.2, 0.25) is 0 Å². The van der Waals surface area contributed by atoms with Crippen molar-refractivity contribution in [1.82, 2.24) is 14.5 Å². The Labute approximate surface area is 199 Å². The fourth-order valence-electron chi connectivity index (χ4n) is 4.20. The van der Waals surface area contributed by atoms with Crippen LogP contribution in [-0.2, 0) is 20.2 Å². The summed E-state index contributed by atoms with van der Waals surface area (Å²) in [5, 5.41) is 10.8. The van der Waals surface area contributed by atoms with Gasteiger partial charge >= 0.3 is 6.01 Å². The number of rotatable bonds is 8. The number of hydrogen-bond donors (Lipinski definition) is 1. The van der Waals surface area contributed by atoms with Gasteiger partial charge in [-0.2, -0.15) is 0 Å². The van der Waals surface area contributed by atoms with Crippen LogP contribution in [0.3, 0.4) is 0 Å². The summed E-state index contributed by atoms with van der Waals surface area (Å²) in [6.07, 6.45) is 0.698. The maximum Gasteiger partial charge on any atom is 0.322 e. The molecule has 0 atom stereocenters. The van der Waals surface area contributed by atoms with Crippen LogP contribution < -0.4 is 10.1 Å². The first-order valence-corrected chi connectivity index (χ1v) is 12.9. The highest BCUT2D eigenvalue weighted by Gasteiger charge is 2.45. The molecule has 0 radical (unpaired) electrons. The largest absolute Gasteiger partial charge is 0.494 e. The van der Waals surface area contributed by atoms with Crippen LogP contribution >= 0.6 is 0 Å². The van der Waals surface area contributed by atoms with Crippen LogP contribution in [0.25, 0.3) is 11.5 Å². The first-order chi connectivity index (χ1) is 16.4. The van der Waals surface area contributed by atoms with Crippen molar-refractivity contribution >= 4 is 21.9 Å². The van der Waals surface area contributed by atoms with E-state index in [0.29, 0.717) is 25.0 Å². The van der Waals surface area contributed by atoms with Gasteiger partial charge in [0.1, 0.15) is 5.75 Å². The number of sulfonamides is 1. The molecule has 1 N–H and O–H groups in total. The first kappa shape index (κ1) is 23.9. The van der Waals surface area contributed by atoms with Crippen molar-refractivity contribution in [2.75, 3.05) is 30.8 Å². The van der Waals surface area contributed by atoms with E-state index in [1.54, 1.807) is 19.1 Å². The molecule has 1 aliphatic rings. The number of nitrogens with one attached hydrogen (secondary N) is 1. The molecular weight excluding hydrogens is 456 g/mol. The highest BCUT2D eigenvalue weighted by Crippen LogP contribution is 2.37.